The van der Waals surface area contributed by atoms with E-state index < -0.39 is 0 Å². The van der Waals surface area contributed by atoms with E-state index in [1.54, 1.807) is 13.3 Å². The third-order valence-electron chi connectivity index (χ3n) is 4.45. The number of amides is 1. The molecule has 1 aliphatic carbocycles. The van der Waals surface area contributed by atoms with Crippen LogP contribution in [0.3, 0.4) is 0 Å². The fraction of sp³-hybridized carbons (Fsp3) is 0.400. The fourth-order valence-electron chi connectivity index (χ4n) is 3.06. The van der Waals surface area contributed by atoms with Crippen LogP contribution in [0.25, 0.3) is 0 Å². The van der Waals surface area contributed by atoms with Crippen LogP contribution in [0.15, 0.2) is 36.5 Å². The molecular formula is C20H24N2O3. The standard InChI is InChI=1S/C20H24N2O3/c1-24-16-8-6-15(7-9-16)10-12-22-20(23)14-25-19-11-13-21-18-5-3-2-4-17(18)19/h6-9,11,13H,2-5,10,12,14H2,1H3,(H,22,23). The van der Waals surface area contributed by atoms with Gasteiger partial charge in [-0.3, -0.25) is 9.78 Å². The Labute approximate surface area is 148 Å². The van der Waals surface area contributed by atoms with Crippen LogP contribution in [-0.4, -0.2) is 31.2 Å². The topological polar surface area (TPSA) is 60.5 Å². The Bertz CT molecular complexity index is 713. The quantitative estimate of drug-likeness (QED) is 0.842. The molecule has 2 aromatic rings. The molecule has 1 amide bonds. The van der Waals surface area contributed by atoms with Crippen LogP contribution in [0, 0.1) is 0 Å². The smallest absolute Gasteiger partial charge is 0.257 e. The van der Waals surface area contributed by atoms with Gasteiger partial charge in [0.15, 0.2) is 6.61 Å². The molecule has 0 radical (unpaired) electrons. The highest BCUT2D eigenvalue weighted by atomic mass is 16.5. The van der Waals surface area contributed by atoms with E-state index in [2.05, 4.69) is 10.3 Å². The first kappa shape index (κ1) is 17.3. The molecular weight excluding hydrogens is 316 g/mol. The Morgan fingerprint density at radius 3 is 2.76 bits per heavy atom. The van der Waals surface area contributed by atoms with Gasteiger partial charge in [-0.1, -0.05) is 12.1 Å². The van der Waals surface area contributed by atoms with E-state index in [9.17, 15) is 4.79 Å². The lowest BCUT2D eigenvalue weighted by atomic mass is 9.95. The lowest BCUT2D eigenvalue weighted by Gasteiger charge is -2.18. The number of carbonyl (C=O) groups is 1. The number of nitrogens with zero attached hydrogens (tertiary/aromatic N) is 1. The second-order valence-corrected chi connectivity index (χ2v) is 6.18. The molecule has 1 N–H and O–H groups in total. The maximum absolute atomic E-state index is 12.0. The van der Waals surface area contributed by atoms with Crippen molar-refractivity contribution in [3.05, 3.63) is 53.3 Å². The summed E-state index contributed by atoms with van der Waals surface area (Å²) in [7, 11) is 1.65. The van der Waals surface area contributed by atoms with Gasteiger partial charge in [0.05, 0.1) is 7.11 Å². The lowest BCUT2D eigenvalue weighted by molar-refractivity contribution is -0.123. The number of hydrogen-bond donors (Lipinski definition) is 1. The van der Waals surface area contributed by atoms with Gasteiger partial charge >= 0.3 is 0 Å². The number of carbonyl (C=O) groups excluding carboxylic acids is 1. The van der Waals surface area contributed by atoms with Crippen LogP contribution in [0.5, 0.6) is 11.5 Å². The molecule has 0 spiro atoms. The predicted octanol–water partition coefficient (Wildman–Crippen LogP) is 2.71. The van der Waals surface area contributed by atoms with E-state index >= 15 is 0 Å². The maximum atomic E-state index is 12.0. The molecule has 5 heteroatoms. The molecule has 132 valence electrons. The van der Waals surface area contributed by atoms with Crippen molar-refractivity contribution in [2.24, 2.45) is 0 Å². The number of aryl methyl sites for hydroxylation is 1. The largest absolute Gasteiger partial charge is 0.497 e. The molecule has 0 aliphatic heterocycles. The summed E-state index contributed by atoms with van der Waals surface area (Å²) >= 11 is 0. The first-order valence-electron chi connectivity index (χ1n) is 8.75. The Morgan fingerprint density at radius 1 is 1.16 bits per heavy atom. The number of methoxy groups -OCH3 is 1. The van der Waals surface area contributed by atoms with Crippen LogP contribution < -0.4 is 14.8 Å². The SMILES string of the molecule is COc1ccc(CCNC(=O)COc2ccnc3c2CCCC3)cc1. The van der Waals surface area contributed by atoms with Gasteiger partial charge in [0.25, 0.3) is 5.91 Å². The predicted molar refractivity (Wildman–Crippen MR) is 96.1 cm³/mol. The molecule has 1 aromatic heterocycles. The van der Waals surface area contributed by atoms with Gasteiger partial charge in [-0.05, 0) is 55.9 Å². The first-order valence-corrected chi connectivity index (χ1v) is 8.75. The van der Waals surface area contributed by atoms with Gasteiger partial charge in [0.1, 0.15) is 11.5 Å². The molecule has 0 atom stereocenters. The van der Waals surface area contributed by atoms with Crippen molar-refractivity contribution in [1.29, 1.82) is 0 Å². The zero-order chi connectivity index (χ0) is 17.5. The molecule has 1 aliphatic rings. The third-order valence-corrected chi connectivity index (χ3v) is 4.45. The van der Waals surface area contributed by atoms with Crippen molar-refractivity contribution in [3.63, 3.8) is 0 Å². The highest BCUT2D eigenvalue weighted by molar-refractivity contribution is 5.77. The fourth-order valence-corrected chi connectivity index (χ4v) is 3.06. The van der Waals surface area contributed by atoms with Gasteiger partial charge in [0, 0.05) is 24.0 Å². The highest BCUT2D eigenvalue weighted by Crippen LogP contribution is 2.27. The summed E-state index contributed by atoms with van der Waals surface area (Å²) in [5.74, 6) is 1.53. The molecule has 5 nitrogen and oxygen atoms in total. The van der Waals surface area contributed by atoms with Crippen molar-refractivity contribution in [1.82, 2.24) is 10.3 Å². The van der Waals surface area contributed by atoms with Crippen molar-refractivity contribution in [2.45, 2.75) is 32.1 Å². The third kappa shape index (κ3) is 4.72. The monoisotopic (exact) mass is 340 g/mol. The molecule has 1 heterocycles. The Balaban J connectivity index is 1.44. The van der Waals surface area contributed by atoms with Gasteiger partial charge in [-0.25, -0.2) is 0 Å². The summed E-state index contributed by atoms with van der Waals surface area (Å²) in [6.07, 6.45) is 6.86. The number of pyridine rings is 1. The molecule has 0 saturated heterocycles. The molecule has 0 unspecified atom stereocenters. The van der Waals surface area contributed by atoms with Gasteiger partial charge < -0.3 is 14.8 Å². The summed E-state index contributed by atoms with van der Waals surface area (Å²) in [6.45, 7) is 0.627. The number of fused-ring (bicyclic) bond motifs is 1. The van der Waals surface area contributed by atoms with Crippen molar-refractivity contribution < 1.29 is 14.3 Å². The van der Waals surface area contributed by atoms with Gasteiger partial charge in [0.2, 0.25) is 0 Å². The van der Waals surface area contributed by atoms with E-state index in [0.29, 0.717) is 6.54 Å². The van der Waals surface area contributed by atoms with Crippen LogP contribution in [-0.2, 0) is 24.1 Å². The zero-order valence-electron chi connectivity index (χ0n) is 14.6. The number of rotatable bonds is 7. The van der Waals surface area contributed by atoms with Crippen molar-refractivity contribution >= 4 is 5.91 Å². The van der Waals surface area contributed by atoms with E-state index in [1.807, 2.05) is 30.3 Å². The summed E-state index contributed by atoms with van der Waals surface area (Å²) in [5, 5.41) is 2.90. The summed E-state index contributed by atoms with van der Waals surface area (Å²) in [6, 6.07) is 9.71. The minimum Gasteiger partial charge on any atom is -0.497 e. The summed E-state index contributed by atoms with van der Waals surface area (Å²) in [5.41, 5.74) is 3.44. The van der Waals surface area contributed by atoms with Gasteiger partial charge in [-0.15, -0.1) is 0 Å². The average molecular weight is 340 g/mol. The normalized spacial score (nSPS) is 13.0. The molecule has 0 bridgehead atoms. The number of benzene rings is 1. The zero-order valence-corrected chi connectivity index (χ0v) is 14.6. The van der Waals surface area contributed by atoms with Crippen LogP contribution in [0.4, 0.5) is 0 Å². The second-order valence-electron chi connectivity index (χ2n) is 6.18. The summed E-state index contributed by atoms with van der Waals surface area (Å²) in [4.78, 5) is 16.4. The molecule has 25 heavy (non-hydrogen) atoms. The van der Waals surface area contributed by atoms with E-state index in [-0.39, 0.29) is 12.5 Å². The van der Waals surface area contributed by atoms with Gasteiger partial charge in [-0.2, -0.15) is 0 Å². The highest BCUT2D eigenvalue weighted by Gasteiger charge is 2.15. The number of hydrogen-bond acceptors (Lipinski definition) is 4. The average Bonchev–Trinajstić information content (AvgIpc) is 2.67. The second kappa shape index (κ2) is 8.51. The van der Waals surface area contributed by atoms with E-state index in [0.717, 1.165) is 48.4 Å². The van der Waals surface area contributed by atoms with Crippen molar-refractivity contribution in [2.75, 3.05) is 20.3 Å². The van der Waals surface area contributed by atoms with Crippen LogP contribution >= 0.6 is 0 Å². The number of ether oxygens (including phenoxy) is 2. The number of aromatic nitrogens is 1. The summed E-state index contributed by atoms with van der Waals surface area (Å²) < 4.78 is 10.9. The minimum absolute atomic E-state index is 0.0407. The molecule has 1 aromatic carbocycles. The number of nitrogens with one attached hydrogen (secondary N) is 1. The maximum Gasteiger partial charge on any atom is 0.257 e. The van der Waals surface area contributed by atoms with Crippen LogP contribution in [0.1, 0.15) is 29.7 Å². The Morgan fingerprint density at radius 2 is 1.96 bits per heavy atom. The van der Waals surface area contributed by atoms with E-state index in [1.165, 1.54) is 12.0 Å². The Hall–Kier alpha value is -2.56. The van der Waals surface area contributed by atoms with Crippen LogP contribution in [0.2, 0.25) is 0 Å². The minimum atomic E-state index is -0.102. The molecule has 3 rings (SSSR count). The molecule has 0 fully saturated rings. The lowest BCUT2D eigenvalue weighted by Crippen LogP contribution is -2.30. The first-order chi connectivity index (χ1) is 12.3. The van der Waals surface area contributed by atoms with E-state index in [4.69, 9.17) is 9.47 Å². The Kier molecular flexibility index (Phi) is 5.88. The van der Waals surface area contributed by atoms with Crippen molar-refractivity contribution in [3.8, 4) is 11.5 Å². The molecule has 0 saturated carbocycles.